The van der Waals surface area contributed by atoms with Crippen molar-refractivity contribution in [1.82, 2.24) is 5.32 Å². The Kier molecular flexibility index (Phi) is 6.15. The third-order valence-electron chi connectivity index (χ3n) is 4.44. The molecule has 1 aliphatic carbocycles. The Morgan fingerprint density at radius 3 is 2.52 bits per heavy atom. The lowest BCUT2D eigenvalue weighted by atomic mass is 10.00. The first kappa shape index (κ1) is 19.4. The van der Waals surface area contributed by atoms with Crippen LogP contribution in [0.5, 0.6) is 0 Å². The van der Waals surface area contributed by atoms with E-state index in [1.165, 1.54) is 34.6 Å². The maximum Gasteiger partial charge on any atom is 0.261 e. The van der Waals surface area contributed by atoms with Gasteiger partial charge in [0.1, 0.15) is 0 Å². The molecule has 2 amide bonds. The number of thiophene rings is 1. The number of nitrogens with one attached hydrogen (secondary N) is 2. The summed E-state index contributed by atoms with van der Waals surface area (Å²) in [5.41, 5.74) is 0.713. The van der Waals surface area contributed by atoms with E-state index in [1.807, 2.05) is 6.07 Å². The van der Waals surface area contributed by atoms with Gasteiger partial charge in [-0.05, 0) is 49.4 Å². The molecule has 0 saturated carbocycles. The van der Waals surface area contributed by atoms with E-state index in [1.54, 1.807) is 0 Å². The summed E-state index contributed by atoms with van der Waals surface area (Å²) in [6, 6.07) is 3.51. The molecule has 0 saturated heterocycles. The van der Waals surface area contributed by atoms with Gasteiger partial charge in [-0.15, -0.1) is 11.3 Å². The van der Waals surface area contributed by atoms with E-state index in [9.17, 15) is 22.8 Å². The molecular weight excluding hydrogens is 377 g/mol. The molecule has 8 heteroatoms. The summed E-state index contributed by atoms with van der Waals surface area (Å²) in [7, 11) is 0. The third-order valence-corrected chi connectivity index (χ3v) is 5.68. The monoisotopic (exact) mass is 396 g/mol. The van der Waals surface area contributed by atoms with Crippen molar-refractivity contribution < 1.29 is 22.8 Å². The molecule has 1 aromatic carbocycles. The van der Waals surface area contributed by atoms with Crippen LogP contribution in [0.15, 0.2) is 18.2 Å². The molecule has 0 spiro atoms. The smallest absolute Gasteiger partial charge is 0.261 e. The van der Waals surface area contributed by atoms with Gasteiger partial charge in [-0.2, -0.15) is 0 Å². The molecule has 3 rings (SSSR count). The summed E-state index contributed by atoms with van der Waals surface area (Å²) in [4.78, 5) is 25.9. The van der Waals surface area contributed by atoms with E-state index in [-0.39, 0.29) is 5.91 Å². The van der Waals surface area contributed by atoms with E-state index >= 15 is 0 Å². The average molecular weight is 396 g/mol. The van der Waals surface area contributed by atoms with Crippen molar-refractivity contribution in [2.75, 3.05) is 11.9 Å². The summed E-state index contributed by atoms with van der Waals surface area (Å²) >= 11 is 1.43. The van der Waals surface area contributed by atoms with Crippen LogP contribution in [0.1, 0.15) is 45.8 Å². The molecule has 144 valence electrons. The predicted octanol–water partition coefficient (Wildman–Crippen LogP) is 4.19. The quantitative estimate of drug-likeness (QED) is 0.762. The van der Waals surface area contributed by atoms with Crippen LogP contribution in [-0.4, -0.2) is 18.4 Å². The molecule has 0 fully saturated rings. The molecule has 1 heterocycles. The van der Waals surface area contributed by atoms with Gasteiger partial charge in [-0.3, -0.25) is 9.59 Å². The van der Waals surface area contributed by atoms with Crippen molar-refractivity contribution in [2.24, 2.45) is 0 Å². The highest BCUT2D eigenvalue weighted by molar-refractivity contribution is 7.14. The Balaban J connectivity index is 1.58. The van der Waals surface area contributed by atoms with Gasteiger partial charge in [-0.25, -0.2) is 13.2 Å². The fourth-order valence-corrected chi connectivity index (χ4v) is 4.19. The number of hydrogen-bond donors (Lipinski definition) is 2. The van der Waals surface area contributed by atoms with E-state index in [0.29, 0.717) is 10.9 Å². The van der Waals surface area contributed by atoms with Crippen LogP contribution in [0.2, 0.25) is 0 Å². The summed E-state index contributed by atoms with van der Waals surface area (Å²) in [6.45, 7) is -0.403. The van der Waals surface area contributed by atoms with Crippen LogP contribution in [0.4, 0.5) is 18.9 Å². The molecule has 2 N–H and O–H groups in total. The first-order chi connectivity index (χ1) is 13.0. The van der Waals surface area contributed by atoms with Gasteiger partial charge in [0.15, 0.2) is 17.5 Å². The zero-order valence-corrected chi connectivity index (χ0v) is 15.4. The minimum atomic E-state index is -1.66. The topological polar surface area (TPSA) is 58.2 Å². The van der Waals surface area contributed by atoms with Gasteiger partial charge in [0, 0.05) is 4.88 Å². The lowest BCUT2D eigenvalue weighted by molar-refractivity contribution is -0.115. The number of hydrogen-bond acceptors (Lipinski definition) is 3. The SMILES string of the molecule is O=C(CNC(=O)c1cc2c(s1)CCCCCC2)Nc1ccc(F)c(F)c1F. The van der Waals surface area contributed by atoms with E-state index in [4.69, 9.17) is 0 Å². The summed E-state index contributed by atoms with van der Waals surface area (Å²) in [5.74, 6) is -5.59. The first-order valence-electron chi connectivity index (χ1n) is 8.79. The number of anilines is 1. The second-order valence-corrected chi connectivity index (χ2v) is 7.56. The Morgan fingerprint density at radius 2 is 1.74 bits per heavy atom. The van der Waals surface area contributed by atoms with Crippen molar-refractivity contribution in [3.8, 4) is 0 Å². The molecule has 0 radical (unpaired) electrons. The number of benzene rings is 1. The number of amides is 2. The summed E-state index contributed by atoms with van der Waals surface area (Å²) in [6.07, 6.45) is 6.51. The second kappa shape index (κ2) is 8.56. The number of carbonyl (C=O) groups excluding carboxylic acids is 2. The van der Waals surface area contributed by atoms with Crippen molar-refractivity contribution in [1.29, 1.82) is 0 Å². The van der Waals surface area contributed by atoms with Crippen molar-refractivity contribution >= 4 is 28.8 Å². The van der Waals surface area contributed by atoms with Crippen LogP contribution in [0, 0.1) is 17.5 Å². The van der Waals surface area contributed by atoms with Gasteiger partial charge >= 0.3 is 0 Å². The van der Waals surface area contributed by atoms with Gasteiger partial charge in [0.2, 0.25) is 5.91 Å². The highest BCUT2D eigenvalue weighted by Crippen LogP contribution is 2.28. The van der Waals surface area contributed by atoms with Crippen LogP contribution < -0.4 is 10.6 Å². The highest BCUT2D eigenvalue weighted by Gasteiger charge is 2.18. The van der Waals surface area contributed by atoms with E-state index < -0.39 is 35.6 Å². The van der Waals surface area contributed by atoms with Crippen LogP contribution in [0.25, 0.3) is 0 Å². The molecule has 27 heavy (non-hydrogen) atoms. The van der Waals surface area contributed by atoms with Crippen LogP contribution in [0.3, 0.4) is 0 Å². The molecule has 0 bridgehead atoms. The van der Waals surface area contributed by atoms with Gasteiger partial charge < -0.3 is 10.6 Å². The zero-order chi connectivity index (χ0) is 19.4. The molecule has 2 aromatic rings. The van der Waals surface area contributed by atoms with Crippen molar-refractivity contribution in [2.45, 2.75) is 38.5 Å². The van der Waals surface area contributed by atoms with Gasteiger partial charge in [0.25, 0.3) is 5.91 Å². The number of halogens is 3. The van der Waals surface area contributed by atoms with E-state index in [0.717, 1.165) is 31.7 Å². The largest absolute Gasteiger partial charge is 0.342 e. The lowest BCUT2D eigenvalue weighted by Gasteiger charge is -2.08. The molecule has 1 aliphatic rings. The van der Waals surface area contributed by atoms with Crippen LogP contribution >= 0.6 is 11.3 Å². The minimum Gasteiger partial charge on any atom is -0.342 e. The fourth-order valence-electron chi connectivity index (χ4n) is 3.02. The Labute approximate surface area is 158 Å². The third kappa shape index (κ3) is 4.68. The number of rotatable bonds is 4. The normalized spacial score (nSPS) is 14.0. The highest BCUT2D eigenvalue weighted by atomic mass is 32.1. The predicted molar refractivity (Wildman–Crippen MR) is 97.5 cm³/mol. The molecule has 1 aromatic heterocycles. The average Bonchev–Trinajstić information content (AvgIpc) is 3.02. The maximum absolute atomic E-state index is 13.6. The van der Waals surface area contributed by atoms with E-state index in [2.05, 4.69) is 10.6 Å². The summed E-state index contributed by atoms with van der Waals surface area (Å²) < 4.78 is 39.6. The van der Waals surface area contributed by atoms with Gasteiger partial charge in [-0.1, -0.05) is 12.8 Å². The Bertz CT molecular complexity index is 841. The fraction of sp³-hybridized carbons (Fsp3) is 0.368. The molecule has 4 nitrogen and oxygen atoms in total. The maximum atomic E-state index is 13.6. The molecule has 0 atom stereocenters. The Hall–Kier alpha value is -2.35. The Morgan fingerprint density at radius 1 is 1.00 bits per heavy atom. The van der Waals surface area contributed by atoms with Gasteiger partial charge in [0.05, 0.1) is 17.1 Å². The molecular formula is C19H19F3N2O2S. The summed E-state index contributed by atoms with van der Waals surface area (Å²) in [5, 5.41) is 4.59. The number of aryl methyl sites for hydroxylation is 2. The number of carbonyl (C=O) groups is 2. The zero-order valence-electron chi connectivity index (χ0n) is 14.5. The van der Waals surface area contributed by atoms with Crippen LogP contribution in [-0.2, 0) is 17.6 Å². The lowest BCUT2D eigenvalue weighted by Crippen LogP contribution is -2.32. The standard InChI is InChI=1S/C19H19F3N2O2S/c20-12-7-8-13(18(22)17(12)21)24-16(25)10-23-19(26)15-9-11-5-3-1-2-4-6-14(11)27-15/h7-9H,1-6,10H2,(H,23,26)(H,24,25). The molecule has 0 aliphatic heterocycles. The van der Waals surface area contributed by atoms with Crippen molar-refractivity contribution in [3.63, 3.8) is 0 Å². The first-order valence-corrected chi connectivity index (χ1v) is 9.60. The van der Waals surface area contributed by atoms with Crippen molar-refractivity contribution in [3.05, 3.63) is 51.0 Å². The second-order valence-electron chi connectivity index (χ2n) is 6.43. The number of fused-ring (bicyclic) bond motifs is 1. The minimum absolute atomic E-state index is 0.382. The molecule has 0 unspecified atom stereocenters.